The van der Waals surface area contributed by atoms with Gasteiger partial charge in [-0.3, -0.25) is 19.2 Å². The molecule has 0 aliphatic carbocycles. The van der Waals surface area contributed by atoms with E-state index in [0.717, 1.165) is 22.9 Å². The molecule has 0 radical (unpaired) electrons. The van der Waals surface area contributed by atoms with E-state index in [1.54, 1.807) is 0 Å². The second-order valence-electron chi connectivity index (χ2n) is 7.31. The number of hydrogen-bond acceptors (Lipinski definition) is 6. The van der Waals surface area contributed by atoms with Gasteiger partial charge in [-0.05, 0) is 17.5 Å². The van der Waals surface area contributed by atoms with Crippen molar-refractivity contribution >= 4 is 46.4 Å². The Balaban J connectivity index is 1.75. The third-order valence-electron chi connectivity index (χ3n) is 4.86. The summed E-state index contributed by atoms with van der Waals surface area (Å²) in [6.07, 6.45) is 0.344. The minimum absolute atomic E-state index is 0.193. The molecule has 1 heterocycles. The number of carboxylic acid groups (broad SMARTS) is 1. The molecule has 1 aliphatic rings. The number of amides is 2. The van der Waals surface area contributed by atoms with Crippen molar-refractivity contribution in [1.82, 2.24) is 10.2 Å². The van der Waals surface area contributed by atoms with Gasteiger partial charge < -0.3 is 15.3 Å². The van der Waals surface area contributed by atoms with Crippen molar-refractivity contribution in [2.45, 2.75) is 30.0 Å². The predicted octanol–water partition coefficient (Wildman–Crippen LogP) is 2.72. The van der Waals surface area contributed by atoms with Gasteiger partial charge in [-0.25, -0.2) is 0 Å². The molecular formula is C23H24N2O5S2. The fraction of sp³-hybridized carbons (Fsp3) is 0.304. The zero-order chi connectivity index (χ0) is 23.1. The van der Waals surface area contributed by atoms with Gasteiger partial charge >= 0.3 is 5.97 Å². The number of thioether (sulfide) groups is 2. The van der Waals surface area contributed by atoms with Gasteiger partial charge in [-0.15, -0.1) is 11.8 Å². The Kier molecular flexibility index (Phi) is 8.35. The molecule has 7 nitrogen and oxygen atoms in total. The van der Waals surface area contributed by atoms with Crippen LogP contribution in [0.25, 0.3) is 0 Å². The highest BCUT2D eigenvalue weighted by Gasteiger charge is 2.39. The van der Waals surface area contributed by atoms with Crippen molar-refractivity contribution < 1.29 is 24.3 Å². The molecule has 1 saturated heterocycles. The highest BCUT2D eigenvalue weighted by molar-refractivity contribution is 8.14. The number of carboxylic acids is 1. The van der Waals surface area contributed by atoms with Gasteiger partial charge in [0.25, 0.3) is 0 Å². The molecule has 1 fully saturated rings. The molecule has 168 valence electrons. The Morgan fingerprint density at radius 1 is 1.12 bits per heavy atom. The van der Waals surface area contributed by atoms with E-state index < -0.39 is 41.0 Å². The van der Waals surface area contributed by atoms with E-state index in [0.29, 0.717) is 12.2 Å². The number of benzene rings is 2. The number of carbonyl (C=O) groups excluding carboxylic acids is 3. The summed E-state index contributed by atoms with van der Waals surface area (Å²) in [6, 6.07) is 17.7. The molecule has 2 aromatic carbocycles. The van der Waals surface area contributed by atoms with Crippen LogP contribution in [0.15, 0.2) is 60.7 Å². The Morgan fingerprint density at radius 3 is 2.34 bits per heavy atom. The molecule has 3 rings (SSSR count). The van der Waals surface area contributed by atoms with Crippen LogP contribution in [0.1, 0.15) is 23.4 Å². The van der Waals surface area contributed by atoms with E-state index in [1.165, 1.54) is 23.6 Å². The maximum Gasteiger partial charge on any atom is 0.323 e. The van der Waals surface area contributed by atoms with Crippen LogP contribution in [0.3, 0.4) is 0 Å². The number of aliphatic carboxylic acids is 1. The number of nitrogens with zero attached hydrogens (tertiary/aromatic N) is 1. The molecule has 0 bridgehead atoms. The van der Waals surface area contributed by atoms with Crippen molar-refractivity contribution in [2.24, 2.45) is 0 Å². The number of carbonyl (C=O) groups is 4. The molecule has 3 unspecified atom stereocenters. The van der Waals surface area contributed by atoms with E-state index in [9.17, 15) is 24.3 Å². The van der Waals surface area contributed by atoms with E-state index in [1.807, 2.05) is 60.7 Å². The van der Waals surface area contributed by atoms with Crippen molar-refractivity contribution in [3.63, 3.8) is 0 Å². The number of nitrogens with one attached hydrogen (secondary N) is 1. The molecule has 0 saturated carbocycles. The first kappa shape index (κ1) is 23.9. The van der Waals surface area contributed by atoms with Crippen LogP contribution < -0.4 is 5.32 Å². The normalized spacial score (nSPS) is 19.3. The maximum atomic E-state index is 13.1. The minimum Gasteiger partial charge on any atom is -0.480 e. The van der Waals surface area contributed by atoms with Gasteiger partial charge in [-0.1, -0.05) is 72.4 Å². The summed E-state index contributed by atoms with van der Waals surface area (Å²) in [7, 11) is 0. The lowest BCUT2D eigenvalue weighted by molar-refractivity contribution is -0.146. The smallest absolute Gasteiger partial charge is 0.323 e. The summed E-state index contributed by atoms with van der Waals surface area (Å²) in [5, 5.41) is 10.8. The van der Waals surface area contributed by atoms with Crippen molar-refractivity contribution in [1.29, 1.82) is 0 Å². The second kappa shape index (κ2) is 11.2. The number of rotatable bonds is 8. The highest BCUT2D eigenvalue weighted by Crippen LogP contribution is 2.37. The molecule has 9 heteroatoms. The van der Waals surface area contributed by atoms with Crippen LogP contribution in [-0.4, -0.2) is 56.5 Å². The lowest BCUT2D eigenvalue weighted by atomic mass is 10.1. The average molecular weight is 473 g/mol. The second-order valence-corrected chi connectivity index (χ2v) is 9.80. The monoisotopic (exact) mass is 472 g/mol. The third kappa shape index (κ3) is 6.37. The highest BCUT2D eigenvalue weighted by atomic mass is 32.2. The van der Waals surface area contributed by atoms with Crippen molar-refractivity contribution in [2.75, 3.05) is 12.3 Å². The quantitative estimate of drug-likeness (QED) is 0.609. The first-order valence-corrected chi connectivity index (χ1v) is 12.0. The molecule has 2 aromatic rings. The summed E-state index contributed by atoms with van der Waals surface area (Å²) in [6.45, 7) is 0.935. The molecule has 2 N–H and O–H groups in total. The molecular weight excluding hydrogens is 448 g/mol. The van der Waals surface area contributed by atoms with Crippen molar-refractivity contribution in [3.05, 3.63) is 71.8 Å². The van der Waals surface area contributed by atoms with Gasteiger partial charge in [0, 0.05) is 12.7 Å². The van der Waals surface area contributed by atoms with Gasteiger partial charge in [0.2, 0.25) is 11.8 Å². The van der Waals surface area contributed by atoms with E-state index in [2.05, 4.69) is 5.32 Å². The van der Waals surface area contributed by atoms with E-state index >= 15 is 0 Å². The Morgan fingerprint density at radius 2 is 1.75 bits per heavy atom. The molecule has 0 spiro atoms. The predicted molar refractivity (Wildman–Crippen MR) is 125 cm³/mol. The van der Waals surface area contributed by atoms with Gasteiger partial charge in [0.15, 0.2) is 5.12 Å². The third-order valence-corrected chi connectivity index (χ3v) is 7.22. The van der Waals surface area contributed by atoms with Gasteiger partial charge in [0.1, 0.15) is 18.0 Å². The Hall–Kier alpha value is -2.78. The fourth-order valence-electron chi connectivity index (χ4n) is 3.45. The van der Waals surface area contributed by atoms with Crippen LogP contribution >= 0.6 is 23.5 Å². The Labute approximate surface area is 194 Å². The number of hydrogen-bond donors (Lipinski definition) is 2. The minimum atomic E-state index is -1.12. The average Bonchev–Trinajstić information content (AvgIpc) is 2.77. The van der Waals surface area contributed by atoms with E-state index in [-0.39, 0.29) is 5.12 Å². The zero-order valence-electron chi connectivity index (χ0n) is 17.5. The van der Waals surface area contributed by atoms with Gasteiger partial charge in [-0.2, -0.15) is 0 Å². The van der Waals surface area contributed by atoms with Crippen LogP contribution in [-0.2, 0) is 25.6 Å². The summed E-state index contributed by atoms with van der Waals surface area (Å²) in [4.78, 5) is 50.6. The summed E-state index contributed by atoms with van der Waals surface area (Å²) < 4.78 is 0. The van der Waals surface area contributed by atoms with Crippen LogP contribution in [0.5, 0.6) is 0 Å². The molecule has 2 amide bonds. The van der Waals surface area contributed by atoms with E-state index in [4.69, 9.17) is 0 Å². The lowest BCUT2D eigenvalue weighted by Crippen LogP contribution is -2.56. The van der Waals surface area contributed by atoms with Crippen LogP contribution in [0.4, 0.5) is 0 Å². The molecule has 0 aromatic heterocycles. The first-order valence-electron chi connectivity index (χ1n) is 10.1. The Bertz CT molecular complexity index is 971. The zero-order valence-corrected chi connectivity index (χ0v) is 19.1. The fourth-order valence-corrected chi connectivity index (χ4v) is 5.61. The first-order chi connectivity index (χ1) is 15.3. The lowest BCUT2D eigenvalue weighted by Gasteiger charge is -2.38. The summed E-state index contributed by atoms with van der Waals surface area (Å²) in [5.41, 5.74) is 1.73. The summed E-state index contributed by atoms with van der Waals surface area (Å²) in [5.74, 6) is -1.68. The van der Waals surface area contributed by atoms with Gasteiger partial charge in [0.05, 0.1) is 5.25 Å². The van der Waals surface area contributed by atoms with Crippen LogP contribution in [0, 0.1) is 0 Å². The molecule has 32 heavy (non-hydrogen) atoms. The standard InChI is InChI=1S/C23H24N2O5S2/c1-15(26)32-19(12-16-8-4-2-5-9-16)21(29)24-18-14-31-23(17-10-6-3-7-11-17)25(22(18)30)13-20(27)28/h2-11,18-19,23H,12-14H2,1H3,(H,24,29)(H,27,28). The molecule has 3 atom stereocenters. The summed E-state index contributed by atoms with van der Waals surface area (Å²) >= 11 is 2.33. The van der Waals surface area contributed by atoms with Crippen molar-refractivity contribution in [3.8, 4) is 0 Å². The maximum absolute atomic E-state index is 13.1. The topological polar surface area (TPSA) is 104 Å². The molecule has 1 aliphatic heterocycles. The van der Waals surface area contributed by atoms with Crippen LogP contribution in [0.2, 0.25) is 0 Å². The largest absolute Gasteiger partial charge is 0.480 e. The SMILES string of the molecule is CC(=O)SC(Cc1ccccc1)C(=O)NC1CSC(c2ccccc2)N(CC(=O)O)C1=O.